The zero-order valence-electron chi connectivity index (χ0n) is 17.6. The van der Waals surface area contributed by atoms with Crippen LogP contribution in [0.3, 0.4) is 0 Å². The van der Waals surface area contributed by atoms with Gasteiger partial charge in [-0.1, -0.05) is 55.0 Å². The highest BCUT2D eigenvalue weighted by molar-refractivity contribution is 5.92. The van der Waals surface area contributed by atoms with Crippen LogP contribution in [-0.2, 0) is 11.2 Å². The number of carbonyl (C=O) groups excluding carboxylic acids is 1. The van der Waals surface area contributed by atoms with E-state index in [0.29, 0.717) is 17.7 Å². The molecule has 2 rings (SSSR count). The Labute approximate surface area is 178 Å². The average molecular weight is 410 g/mol. The molecule has 0 radical (unpaired) electrons. The van der Waals surface area contributed by atoms with E-state index in [1.54, 1.807) is 30.3 Å². The Morgan fingerprint density at radius 3 is 2.20 bits per heavy atom. The van der Waals surface area contributed by atoms with Crippen LogP contribution in [0.1, 0.15) is 34.8 Å². The van der Waals surface area contributed by atoms with E-state index >= 15 is 0 Å². The zero-order valence-corrected chi connectivity index (χ0v) is 17.6. The fourth-order valence-electron chi connectivity index (χ4n) is 2.50. The van der Waals surface area contributed by atoms with Crippen molar-refractivity contribution in [1.29, 1.82) is 0 Å². The van der Waals surface area contributed by atoms with Crippen LogP contribution in [0.4, 0.5) is 0 Å². The number of nitrogens with one attached hydrogen (secondary N) is 1. The number of primary amides is 1. The third kappa shape index (κ3) is 9.71. The molecule has 30 heavy (non-hydrogen) atoms. The summed E-state index contributed by atoms with van der Waals surface area (Å²) in [5.74, 6) is -1.29. The van der Waals surface area contributed by atoms with Crippen LogP contribution in [0.5, 0.6) is 0 Å². The predicted octanol–water partition coefficient (Wildman–Crippen LogP) is 3.18. The maximum absolute atomic E-state index is 11.4. The topological polar surface area (TPSA) is 118 Å². The van der Waals surface area contributed by atoms with Crippen molar-refractivity contribution >= 4 is 11.9 Å². The Balaban J connectivity index is 0.000000375. The first-order chi connectivity index (χ1) is 14.4. The molecule has 0 unspecified atom stereocenters. The first kappa shape index (κ1) is 24.7. The quantitative estimate of drug-likeness (QED) is 0.288. The van der Waals surface area contributed by atoms with Gasteiger partial charge in [-0.25, -0.2) is 4.79 Å². The van der Waals surface area contributed by atoms with Gasteiger partial charge in [-0.05, 0) is 61.9 Å². The van der Waals surface area contributed by atoms with Crippen LogP contribution in [0, 0.1) is 6.92 Å². The standard InChI is InChI=1S/C16H23N3O.C8H8O2/c1-2-13(11-17)10-15(16(18)20)12-19-9-8-14-6-4-3-5-7-14;1-6-2-4-7(5-3-6)8(9)10/h3-7,10-11,19H,2,8-9,12,17H2,1H3,(H2,18,20);2-5H,1H3,(H,9,10)/b13-11-,15-10+;. The van der Waals surface area contributed by atoms with Crippen molar-refractivity contribution < 1.29 is 14.7 Å². The molecule has 1 amide bonds. The highest BCUT2D eigenvalue weighted by Crippen LogP contribution is 2.05. The number of benzene rings is 2. The number of nitrogens with two attached hydrogens (primary N) is 2. The van der Waals surface area contributed by atoms with Crippen LogP contribution < -0.4 is 16.8 Å². The van der Waals surface area contributed by atoms with Crippen molar-refractivity contribution in [3.05, 3.63) is 94.7 Å². The third-order valence-electron chi connectivity index (χ3n) is 4.35. The number of aryl methyl sites for hydroxylation is 1. The number of carboxylic acids is 1. The van der Waals surface area contributed by atoms with E-state index in [1.165, 1.54) is 11.8 Å². The first-order valence-electron chi connectivity index (χ1n) is 9.83. The van der Waals surface area contributed by atoms with Crippen LogP contribution >= 0.6 is 0 Å². The number of hydrogen-bond donors (Lipinski definition) is 4. The second-order valence-electron chi connectivity index (χ2n) is 6.71. The van der Waals surface area contributed by atoms with Gasteiger partial charge in [0.25, 0.3) is 0 Å². The SMILES string of the molecule is CCC(=C/N)/C=C(\CNCCc1ccccc1)C(N)=O.Cc1ccc(C(=O)O)cc1. The van der Waals surface area contributed by atoms with Gasteiger partial charge in [-0.3, -0.25) is 4.79 Å². The van der Waals surface area contributed by atoms with Gasteiger partial charge in [0.2, 0.25) is 5.91 Å². The van der Waals surface area contributed by atoms with Gasteiger partial charge < -0.3 is 21.9 Å². The molecule has 0 saturated heterocycles. The molecular weight excluding hydrogens is 378 g/mol. The summed E-state index contributed by atoms with van der Waals surface area (Å²) in [7, 11) is 0. The van der Waals surface area contributed by atoms with Crippen molar-refractivity contribution in [2.45, 2.75) is 26.7 Å². The number of aromatic carboxylic acids is 1. The largest absolute Gasteiger partial charge is 0.478 e. The summed E-state index contributed by atoms with van der Waals surface area (Å²) in [6.07, 6.45) is 4.96. The lowest BCUT2D eigenvalue weighted by atomic mass is 10.1. The number of carboxylic acid groups (broad SMARTS) is 1. The molecule has 2 aromatic carbocycles. The van der Waals surface area contributed by atoms with Crippen molar-refractivity contribution in [2.75, 3.05) is 13.1 Å². The average Bonchev–Trinajstić information content (AvgIpc) is 2.74. The Kier molecular flexibility index (Phi) is 11.3. The Bertz CT molecular complexity index is 857. The van der Waals surface area contributed by atoms with E-state index in [-0.39, 0.29) is 0 Å². The van der Waals surface area contributed by atoms with Crippen LogP contribution in [0.15, 0.2) is 78.0 Å². The van der Waals surface area contributed by atoms with E-state index in [0.717, 1.165) is 30.5 Å². The molecule has 2 aromatic rings. The first-order valence-corrected chi connectivity index (χ1v) is 9.83. The molecule has 6 nitrogen and oxygen atoms in total. The lowest BCUT2D eigenvalue weighted by molar-refractivity contribution is -0.114. The predicted molar refractivity (Wildman–Crippen MR) is 121 cm³/mol. The van der Waals surface area contributed by atoms with E-state index in [1.807, 2.05) is 32.0 Å². The number of carbonyl (C=O) groups is 2. The minimum Gasteiger partial charge on any atom is -0.478 e. The molecule has 0 aliphatic heterocycles. The van der Waals surface area contributed by atoms with Crippen molar-refractivity contribution in [2.24, 2.45) is 11.5 Å². The summed E-state index contributed by atoms with van der Waals surface area (Å²) in [6, 6.07) is 16.9. The Morgan fingerprint density at radius 1 is 1.07 bits per heavy atom. The molecule has 6 heteroatoms. The van der Waals surface area contributed by atoms with Crippen molar-refractivity contribution in [1.82, 2.24) is 5.32 Å². The minimum atomic E-state index is -0.875. The number of allylic oxidation sites excluding steroid dienone is 2. The van der Waals surface area contributed by atoms with E-state index in [9.17, 15) is 9.59 Å². The molecular formula is C24H31N3O3. The van der Waals surface area contributed by atoms with Gasteiger partial charge in [0.05, 0.1) is 5.56 Å². The van der Waals surface area contributed by atoms with Gasteiger partial charge in [0.15, 0.2) is 0 Å². The second-order valence-corrected chi connectivity index (χ2v) is 6.71. The molecule has 0 aromatic heterocycles. The molecule has 0 aliphatic rings. The smallest absolute Gasteiger partial charge is 0.335 e. The normalized spacial score (nSPS) is 11.4. The molecule has 0 fully saturated rings. The zero-order chi connectivity index (χ0) is 22.4. The van der Waals surface area contributed by atoms with Gasteiger partial charge in [-0.15, -0.1) is 0 Å². The summed E-state index contributed by atoms with van der Waals surface area (Å²) in [4.78, 5) is 21.7. The highest BCUT2D eigenvalue weighted by Gasteiger charge is 2.05. The van der Waals surface area contributed by atoms with Crippen molar-refractivity contribution in [3.8, 4) is 0 Å². The summed E-state index contributed by atoms with van der Waals surface area (Å²) < 4.78 is 0. The van der Waals surface area contributed by atoms with E-state index in [2.05, 4.69) is 17.4 Å². The van der Waals surface area contributed by atoms with E-state index < -0.39 is 11.9 Å². The fourth-order valence-corrected chi connectivity index (χ4v) is 2.50. The van der Waals surface area contributed by atoms with Gasteiger partial charge in [0, 0.05) is 12.1 Å². The second kappa shape index (κ2) is 13.7. The number of amides is 1. The van der Waals surface area contributed by atoms with Gasteiger partial charge >= 0.3 is 5.97 Å². The maximum atomic E-state index is 11.4. The third-order valence-corrected chi connectivity index (χ3v) is 4.35. The highest BCUT2D eigenvalue weighted by atomic mass is 16.4. The molecule has 0 bridgehead atoms. The molecule has 0 atom stereocenters. The maximum Gasteiger partial charge on any atom is 0.335 e. The summed E-state index contributed by atoms with van der Waals surface area (Å²) in [5, 5.41) is 11.7. The minimum absolute atomic E-state index is 0.339. The van der Waals surface area contributed by atoms with Crippen molar-refractivity contribution in [3.63, 3.8) is 0 Å². The molecule has 0 spiro atoms. The summed E-state index contributed by atoms with van der Waals surface area (Å²) in [5.41, 5.74) is 15.0. The number of rotatable bonds is 9. The summed E-state index contributed by atoms with van der Waals surface area (Å²) in [6.45, 7) is 5.16. The molecule has 0 saturated carbocycles. The monoisotopic (exact) mass is 409 g/mol. The molecule has 0 heterocycles. The Hall–Kier alpha value is -3.38. The fraction of sp³-hybridized carbons (Fsp3) is 0.250. The molecule has 0 aliphatic carbocycles. The van der Waals surface area contributed by atoms with E-state index in [4.69, 9.17) is 16.6 Å². The van der Waals surface area contributed by atoms with Gasteiger partial charge in [-0.2, -0.15) is 0 Å². The lowest BCUT2D eigenvalue weighted by Gasteiger charge is -2.07. The Morgan fingerprint density at radius 2 is 1.70 bits per heavy atom. The summed E-state index contributed by atoms with van der Waals surface area (Å²) >= 11 is 0. The number of hydrogen-bond acceptors (Lipinski definition) is 4. The molecule has 160 valence electrons. The lowest BCUT2D eigenvalue weighted by Crippen LogP contribution is -2.27. The van der Waals surface area contributed by atoms with Crippen LogP contribution in [0.25, 0.3) is 0 Å². The van der Waals surface area contributed by atoms with Crippen LogP contribution in [0.2, 0.25) is 0 Å². The van der Waals surface area contributed by atoms with Gasteiger partial charge in [0.1, 0.15) is 0 Å². The van der Waals surface area contributed by atoms with Crippen LogP contribution in [-0.4, -0.2) is 30.1 Å². The molecule has 6 N–H and O–H groups in total.